The van der Waals surface area contributed by atoms with E-state index >= 15 is 0 Å². The highest BCUT2D eigenvalue weighted by Gasteiger charge is 2.28. The van der Waals surface area contributed by atoms with Crippen LogP contribution in [0.3, 0.4) is 0 Å². The number of guanidine groups is 1. The molecular weight excluding hydrogens is 347 g/mol. The Morgan fingerprint density at radius 1 is 1.35 bits per heavy atom. The summed E-state index contributed by atoms with van der Waals surface area (Å²) in [5.41, 5.74) is 1.95. The quantitative estimate of drug-likeness (QED) is 0.628. The van der Waals surface area contributed by atoms with Crippen molar-refractivity contribution in [3.63, 3.8) is 0 Å². The number of aromatic nitrogens is 2. The van der Waals surface area contributed by atoms with Crippen LogP contribution in [-0.4, -0.2) is 47.3 Å². The summed E-state index contributed by atoms with van der Waals surface area (Å²) in [6.07, 6.45) is -0.923. The Morgan fingerprint density at radius 2 is 2.12 bits per heavy atom. The number of alkyl halides is 3. The molecule has 2 aromatic rings. The Kier molecular flexibility index (Phi) is 6.48. The minimum absolute atomic E-state index is 0.0590. The van der Waals surface area contributed by atoms with Crippen molar-refractivity contribution < 1.29 is 17.9 Å². The van der Waals surface area contributed by atoms with Crippen molar-refractivity contribution in [2.75, 3.05) is 20.7 Å². The third-order valence-corrected chi connectivity index (χ3v) is 3.66. The Balaban J connectivity index is 1.87. The molecule has 6 nitrogen and oxygen atoms in total. The van der Waals surface area contributed by atoms with E-state index in [0.717, 1.165) is 11.3 Å². The normalized spacial score (nSPS) is 12.2. The summed E-state index contributed by atoms with van der Waals surface area (Å²) in [6.45, 7) is -0.226. The predicted molar refractivity (Wildman–Crippen MR) is 92.9 cm³/mol. The molecule has 2 heterocycles. The molecule has 0 atom stereocenters. The molecule has 0 aliphatic heterocycles. The summed E-state index contributed by atoms with van der Waals surface area (Å²) >= 11 is 0. The second-order valence-electron chi connectivity index (χ2n) is 5.78. The molecule has 1 N–H and O–H groups in total. The molecule has 0 amide bonds. The van der Waals surface area contributed by atoms with Gasteiger partial charge in [0.1, 0.15) is 0 Å². The standard InChI is InChI=1S/C17H22F3N5O/c1-21-16(25(3)11-14-5-4-8-24(14)2)23-10-13-6-7-15(22-9-13)26-12-17(18,19)20/h4-9H,10-12H2,1-3H3,(H,21,23). The third-order valence-electron chi connectivity index (χ3n) is 3.66. The number of hydrogen-bond acceptors (Lipinski definition) is 3. The van der Waals surface area contributed by atoms with E-state index in [1.807, 2.05) is 41.9 Å². The maximum atomic E-state index is 12.1. The summed E-state index contributed by atoms with van der Waals surface area (Å²) in [5, 5.41) is 3.20. The monoisotopic (exact) mass is 369 g/mol. The van der Waals surface area contributed by atoms with Gasteiger partial charge in [0, 0.05) is 51.8 Å². The Labute approximate surface area is 150 Å². The highest BCUT2D eigenvalue weighted by atomic mass is 19.4. The molecule has 0 radical (unpaired) electrons. The minimum Gasteiger partial charge on any atom is -0.468 e. The molecule has 0 saturated carbocycles. The van der Waals surface area contributed by atoms with Gasteiger partial charge in [-0.1, -0.05) is 6.07 Å². The number of nitrogens with zero attached hydrogens (tertiary/aromatic N) is 4. The third kappa shape index (κ3) is 5.98. The average molecular weight is 369 g/mol. The van der Waals surface area contributed by atoms with Crippen molar-refractivity contribution in [3.05, 3.63) is 47.9 Å². The molecule has 0 bridgehead atoms. The van der Waals surface area contributed by atoms with Crippen molar-refractivity contribution in [1.29, 1.82) is 0 Å². The van der Waals surface area contributed by atoms with Gasteiger partial charge in [0.25, 0.3) is 0 Å². The van der Waals surface area contributed by atoms with E-state index in [2.05, 4.69) is 20.0 Å². The first-order valence-corrected chi connectivity index (χ1v) is 7.95. The van der Waals surface area contributed by atoms with E-state index in [0.29, 0.717) is 19.0 Å². The number of ether oxygens (including phenoxy) is 1. The minimum atomic E-state index is -4.38. The number of aliphatic imine (C=N–C) groups is 1. The lowest BCUT2D eigenvalue weighted by Crippen LogP contribution is -2.38. The molecule has 0 unspecified atom stereocenters. The number of halogens is 3. The van der Waals surface area contributed by atoms with Crippen molar-refractivity contribution in [2.45, 2.75) is 19.3 Å². The van der Waals surface area contributed by atoms with E-state index < -0.39 is 12.8 Å². The van der Waals surface area contributed by atoms with Crippen LogP contribution in [0.25, 0.3) is 0 Å². The van der Waals surface area contributed by atoms with Gasteiger partial charge in [-0.05, 0) is 17.7 Å². The highest BCUT2D eigenvalue weighted by Crippen LogP contribution is 2.17. The Bertz CT molecular complexity index is 725. The number of nitrogens with one attached hydrogen (secondary N) is 1. The molecular formula is C17H22F3N5O. The van der Waals surface area contributed by atoms with Crippen LogP contribution >= 0.6 is 0 Å². The molecule has 142 valence electrons. The van der Waals surface area contributed by atoms with E-state index in [-0.39, 0.29) is 5.88 Å². The van der Waals surface area contributed by atoms with Crippen LogP contribution in [0.5, 0.6) is 5.88 Å². The van der Waals surface area contributed by atoms with Crippen LogP contribution in [-0.2, 0) is 20.1 Å². The van der Waals surface area contributed by atoms with Gasteiger partial charge < -0.3 is 19.5 Å². The second-order valence-corrected chi connectivity index (χ2v) is 5.78. The van der Waals surface area contributed by atoms with Gasteiger partial charge in [-0.15, -0.1) is 0 Å². The zero-order valence-corrected chi connectivity index (χ0v) is 14.9. The number of hydrogen-bond donors (Lipinski definition) is 1. The zero-order valence-electron chi connectivity index (χ0n) is 14.9. The molecule has 0 spiro atoms. The fourth-order valence-electron chi connectivity index (χ4n) is 2.30. The summed E-state index contributed by atoms with van der Waals surface area (Å²) in [4.78, 5) is 10.1. The van der Waals surface area contributed by atoms with E-state index in [1.165, 1.54) is 12.3 Å². The van der Waals surface area contributed by atoms with Crippen LogP contribution in [0.15, 0.2) is 41.7 Å². The number of aryl methyl sites for hydroxylation is 1. The predicted octanol–water partition coefficient (Wildman–Crippen LogP) is 2.57. The van der Waals surface area contributed by atoms with E-state index in [9.17, 15) is 13.2 Å². The maximum Gasteiger partial charge on any atom is 0.422 e. The summed E-state index contributed by atoms with van der Waals surface area (Å²) in [7, 11) is 5.60. The fourth-order valence-corrected chi connectivity index (χ4v) is 2.30. The topological polar surface area (TPSA) is 54.7 Å². The van der Waals surface area contributed by atoms with Crippen molar-refractivity contribution in [3.8, 4) is 5.88 Å². The first-order valence-electron chi connectivity index (χ1n) is 7.95. The van der Waals surface area contributed by atoms with Gasteiger partial charge in [-0.25, -0.2) is 4.98 Å². The van der Waals surface area contributed by atoms with E-state index in [4.69, 9.17) is 0 Å². The van der Waals surface area contributed by atoms with Crippen LogP contribution in [0.1, 0.15) is 11.3 Å². The van der Waals surface area contributed by atoms with Crippen LogP contribution in [0.2, 0.25) is 0 Å². The first-order chi connectivity index (χ1) is 12.3. The van der Waals surface area contributed by atoms with Gasteiger partial charge in [-0.2, -0.15) is 13.2 Å². The summed E-state index contributed by atoms with van der Waals surface area (Å²) in [5.74, 6) is 0.639. The second kappa shape index (κ2) is 8.59. The lowest BCUT2D eigenvalue weighted by molar-refractivity contribution is -0.154. The molecule has 26 heavy (non-hydrogen) atoms. The SMILES string of the molecule is CN=C(NCc1ccc(OCC(F)(F)F)nc1)N(C)Cc1cccn1C. The Hall–Kier alpha value is -2.71. The molecule has 0 aromatic carbocycles. The maximum absolute atomic E-state index is 12.1. The number of pyridine rings is 1. The van der Waals surface area contributed by atoms with Crippen LogP contribution < -0.4 is 10.1 Å². The van der Waals surface area contributed by atoms with Crippen molar-refractivity contribution in [2.24, 2.45) is 12.0 Å². The zero-order chi connectivity index (χ0) is 19.2. The summed E-state index contributed by atoms with van der Waals surface area (Å²) in [6, 6.07) is 7.09. The molecule has 2 rings (SSSR count). The van der Waals surface area contributed by atoms with Gasteiger partial charge in [0.15, 0.2) is 12.6 Å². The molecule has 0 saturated heterocycles. The summed E-state index contributed by atoms with van der Waals surface area (Å²) < 4.78 is 43.0. The van der Waals surface area contributed by atoms with Gasteiger partial charge in [0.2, 0.25) is 5.88 Å². The average Bonchev–Trinajstić information content (AvgIpc) is 2.99. The van der Waals surface area contributed by atoms with Crippen LogP contribution in [0.4, 0.5) is 13.2 Å². The first kappa shape index (κ1) is 19.6. The fraction of sp³-hybridized carbons (Fsp3) is 0.412. The largest absolute Gasteiger partial charge is 0.468 e. The van der Waals surface area contributed by atoms with Crippen molar-refractivity contribution >= 4 is 5.96 Å². The molecule has 0 fully saturated rings. The highest BCUT2D eigenvalue weighted by molar-refractivity contribution is 5.79. The lowest BCUT2D eigenvalue weighted by Gasteiger charge is -2.22. The molecule has 0 aliphatic carbocycles. The van der Waals surface area contributed by atoms with E-state index in [1.54, 1.807) is 13.1 Å². The molecule has 9 heteroatoms. The van der Waals surface area contributed by atoms with Crippen molar-refractivity contribution in [1.82, 2.24) is 19.8 Å². The lowest BCUT2D eigenvalue weighted by atomic mass is 10.3. The van der Waals surface area contributed by atoms with Gasteiger partial charge in [0.05, 0.1) is 6.54 Å². The Morgan fingerprint density at radius 3 is 2.65 bits per heavy atom. The smallest absolute Gasteiger partial charge is 0.422 e. The van der Waals surface area contributed by atoms with Gasteiger partial charge >= 0.3 is 6.18 Å². The van der Waals surface area contributed by atoms with Crippen LogP contribution in [0, 0.1) is 0 Å². The van der Waals surface area contributed by atoms with Gasteiger partial charge in [-0.3, -0.25) is 4.99 Å². The number of rotatable bonds is 6. The molecule has 0 aliphatic rings. The molecule has 2 aromatic heterocycles.